The van der Waals surface area contributed by atoms with Crippen LogP contribution in [0, 0.1) is 0 Å². The van der Waals surface area contributed by atoms with E-state index < -0.39 is 0 Å². The lowest BCUT2D eigenvalue weighted by Crippen LogP contribution is -2.27. The summed E-state index contributed by atoms with van der Waals surface area (Å²) in [4.78, 5) is 23.2. The maximum absolute atomic E-state index is 11.7. The van der Waals surface area contributed by atoms with Crippen LogP contribution in [-0.2, 0) is 11.3 Å². The molecule has 94 valence electrons. The minimum atomic E-state index is -0.221. The van der Waals surface area contributed by atoms with Gasteiger partial charge in [-0.1, -0.05) is 0 Å². The van der Waals surface area contributed by atoms with Crippen molar-refractivity contribution in [3.8, 4) is 0 Å². The molecule has 0 saturated heterocycles. The molecule has 0 fully saturated rings. The summed E-state index contributed by atoms with van der Waals surface area (Å²) in [6, 6.07) is 2.98. The average Bonchev–Trinajstić information content (AvgIpc) is 2.31. The van der Waals surface area contributed by atoms with E-state index in [0.717, 1.165) is 0 Å². The maximum atomic E-state index is 11.7. The molecule has 1 aromatic rings. The van der Waals surface area contributed by atoms with Crippen molar-refractivity contribution < 1.29 is 9.53 Å². The zero-order valence-electron chi connectivity index (χ0n) is 10.2. The van der Waals surface area contributed by atoms with Crippen LogP contribution in [0.3, 0.4) is 0 Å². The second-order valence-corrected chi connectivity index (χ2v) is 3.50. The molecule has 0 aliphatic heterocycles. The first-order valence-corrected chi connectivity index (χ1v) is 5.75. The smallest absolute Gasteiger partial charge is 0.251 e. The fourth-order valence-corrected chi connectivity index (χ4v) is 1.40. The fraction of sp³-hybridized carbons (Fsp3) is 0.500. The molecule has 5 heteroatoms. The summed E-state index contributed by atoms with van der Waals surface area (Å²) >= 11 is 0. The van der Waals surface area contributed by atoms with Crippen LogP contribution in [0.2, 0.25) is 0 Å². The minimum absolute atomic E-state index is 0.187. The molecule has 1 rings (SSSR count). The van der Waals surface area contributed by atoms with Crippen LogP contribution in [0.5, 0.6) is 0 Å². The lowest BCUT2D eigenvalue weighted by molar-refractivity contribution is 0.0955. The van der Waals surface area contributed by atoms with Crippen LogP contribution < -0.4 is 10.9 Å². The number of carbonyl (C=O) groups excluding carboxylic acids is 1. The number of nitrogens with zero attached hydrogens (tertiary/aromatic N) is 1. The summed E-state index contributed by atoms with van der Waals surface area (Å²) in [5.41, 5.74) is 0.206. The molecule has 0 atom stereocenters. The molecule has 0 spiro atoms. The lowest BCUT2D eigenvalue weighted by Gasteiger charge is -2.07. The SMILES string of the molecule is CCNC(=O)c1ccn(CCOCC)c(=O)c1. The molecule has 1 heterocycles. The van der Waals surface area contributed by atoms with Crippen LogP contribution >= 0.6 is 0 Å². The van der Waals surface area contributed by atoms with Gasteiger partial charge >= 0.3 is 0 Å². The highest BCUT2D eigenvalue weighted by atomic mass is 16.5. The molecule has 1 aromatic heterocycles. The second kappa shape index (κ2) is 6.85. The number of hydrogen-bond acceptors (Lipinski definition) is 3. The molecule has 5 nitrogen and oxygen atoms in total. The van der Waals surface area contributed by atoms with Crippen molar-refractivity contribution in [2.45, 2.75) is 20.4 Å². The number of nitrogens with one attached hydrogen (secondary N) is 1. The maximum Gasteiger partial charge on any atom is 0.251 e. The summed E-state index contributed by atoms with van der Waals surface area (Å²) in [6.07, 6.45) is 1.62. The van der Waals surface area contributed by atoms with Crippen molar-refractivity contribution in [1.82, 2.24) is 9.88 Å². The predicted molar refractivity (Wildman–Crippen MR) is 65.2 cm³/mol. The highest BCUT2D eigenvalue weighted by Gasteiger charge is 2.05. The van der Waals surface area contributed by atoms with Gasteiger partial charge in [-0.05, 0) is 19.9 Å². The van der Waals surface area contributed by atoms with Crippen LogP contribution in [0.1, 0.15) is 24.2 Å². The van der Waals surface area contributed by atoms with Crippen LogP contribution in [0.15, 0.2) is 23.1 Å². The van der Waals surface area contributed by atoms with Crippen molar-refractivity contribution in [1.29, 1.82) is 0 Å². The fourth-order valence-electron chi connectivity index (χ4n) is 1.40. The highest BCUT2D eigenvalue weighted by Crippen LogP contribution is 1.95. The van der Waals surface area contributed by atoms with E-state index in [4.69, 9.17) is 4.74 Å². The van der Waals surface area contributed by atoms with Crippen LogP contribution in [0.25, 0.3) is 0 Å². The van der Waals surface area contributed by atoms with Crippen molar-refractivity contribution in [2.24, 2.45) is 0 Å². The van der Waals surface area contributed by atoms with E-state index in [9.17, 15) is 9.59 Å². The Hall–Kier alpha value is -1.62. The average molecular weight is 238 g/mol. The Balaban J connectivity index is 2.72. The predicted octanol–water partition coefficient (Wildman–Crippen LogP) is 0.635. The van der Waals surface area contributed by atoms with Gasteiger partial charge in [-0.15, -0.1) is 0 Å². The van der Waals surface area contributed by atoms with E-state index in [-0.39, 0.29) is 11.5 Å². The first-order valence-electron chi connectivity index (χ1n) is 5.75. The molecule has 0 aliphatic carbocycles. The standard InChI is InChI=1S/C12H18N2O3/c1-3-13-12(16)10-5-6-14(11(15)9-10)7-8-17-4-2/h5-6,9H,3-4,7-8H2,1-2H3,(H,13,16). The first kappa shape index (κ1) is 13.4. The zero-order chi connectivity index (χ0) is 12.7. The van der Waals surface area contributed by atoms with Gasteiger partial charge in [0.25, 0.3) is 11.5 Å². The second-order valence-electron chi connectivity index (χ2n) is 3.50. The third-order valence-electron chi connectivity index (χ3n) is 2.28. The number of ether oxygens (including phenoxy) is 1. The molecule has 0 unspecified atom stereocenters. The summed E-state index contributed by atoms with van der Waals surface area (Å²) in [5, 5.41) is 2.65. The topological polar surface area (TPSA) is 60.3 Å². The van der Waals surface area contributed by atoms with E-state index in [1.807, 2.05) is 13.8 Å². The van der Waals surface area contributed by atoms with E-state index >= 15 is 0 Å². The Morgan fingerprint density at radius 1 is 1.47 bits per heavy atom. The molecule has 17 heavy (non-hydrogen) atoms. The van der Waals surface area contributed by atoms with Gasteiger partial charge in [0.15, 0.2) is 0 Å². The number of carbonyl (C=O) groups is 1. The van der Waals surface area contributed by atoms with Gasteiger partial charge < -0.3 is 14.6 Å². The van der Waals surface area contributed by atoms with E-state index in [0.29, 0.717) is 31.9 Å². The van der Waals surface area contributed by atoms with Crippen molar-refractivity contribution in [2.75, 3.05) is 19.8 Å². The molecule has 1 N–H and O–H groups in total. The van der Waals surface area contributed by atoms with Gasteiger partial charge in [0.2, 0.25) is 0 Å². The number of rotatable bonds is 6. The summed E-state index contributed by atoms with van der Waals surface area (Å²) in [5.74, 6) is -0.221. The number of pyridine rings is 1. The van der Waals surface area contributed by atoms with Crippen molar-refractivity contribution >= 4 is 5.91 Å². The third-order valence-corrected chi connectivity index (χ3v) is 2.28. The van der Waals surface area contributed by atoms with Crippen LogP contribution in [0.4, 0.5) is 0 Å². The minimum Gasteiger partial charge on any atom is -0.380 e. The Bertz CT molecular complexity index is 426. The van der Waals surface area contributed by atoms with Crippen LogP contribution in [-0.4, -0.2) is 30.2 Å². The quantitative estimate of drug-likeness (QED) is 0.740. The monoisotopic (exact) mass is 238 g/mol. The van der Waals surface area contributed by atoms with Gasteiger partial charge in [0, 0.05) is 37.5 Å². The normalized spacial score (nSPS) is 10.2. The van der Waals surface area contributed by atoms with Gasteiger partial charge in [0.05, 0.1) is 6.61 Å². The van der Waals surface area contributed by atoms with E-state index in [1.54, 1.807) is 12.3 Å². The largest absolute Gasteiger partial charge is 0.380 e. The summed E-state index contributed by atoms with van der Waals surface area (Å²) < 4.78 is 6.70. The molecular weight excluding hydrogens is 220 g/mol. The van der Waals surface area contributed by atoms with Gasteiger partial charge in [-0.2, -0.15) is 0 Å². The molecule has 0 aliphatic rings. The molecule has 0 saturated carbocycles. The van der Waals surface area contributed by atoms with Crippen molar-refractivity contribution in [3.63, 3.8) is 0 Å². The molecule has 0 bridgehead atoms. The lowest BCUT2D eigenvalue weighted by atomic mass is 10.2. The van der Waals surface area contributed by atoms with E-state index in [2.05, 4.69) is 5.32 Å². The Morgan fingerprint density at radius 3 is 2.82 bits per heavy atom. The Morgan fingerprint density at radius 2 is 2.24 bits per heavy atom. The van der Waals surface area contributed by atoms with Gasteiger partial charge in [0.1, 0.15) is 0 Å². The molecular formula is C12H18N2O3. The van der Waals surface area contributed by atoms with E-state index in [1.165, 1.54) is 10.6 Å². The summed E-state index contributed by atoms with van der Waals surface area (Å²) in [7, 11) is 0. The molecule has 0 radical (unpaired) electrons. The zero-order valence-corrected chi connectivity index (χ0v) is 10.2. The van der Waals surface area contributed by atoms with Crippen molar-refractivity contribution in [3.05, 3.63) is 34.2 Å². The number of hydrogen-bond donors (Lipinski definition) is 1. The highest BCUT2D eigenvalue weighted by molar-refractivity contribution is 5.93. The van der Waals surface area contributed by atoms with Gasteiger partial charge in [-0.25, -0.2) is 0 Å². The number of aromatic nitrogens is 1. The Labute approximate surface area is 100 Å². The molecule has 0 aromatic carbocycles. The first-order chi connectivity index (χ1) is 8.19. The number of amides is 1. The van der Waals surface area contributed by atoms with Gasteiger partial charge in [-0.3, -0.25) is 9.59 Å². The third kappa shape index (κ3) is 4.03. The summed E-state index contributed by atoms with van der Waals surface area (Å²) in [6.45, 7) is 5.92. The Kier molecular flexibility index (Phi) is 5.42. The molecule has 1 amide bonds.